The number of benzene rings is 1. The van der Waals surface area contributed by atoms with Crippen LogP contribution in [0.3, 0.4) is 0 Å². The molecule has 0 aliphatic carbocycles. The summed E-state index contributed by atoms with van der Waals surface area (Å²) in [5, 5.41) is 11.8. The lowest BCUT2D eigenvalue weighted by molar-refractivity contribution is -0.153. The molecule has 0 saturated heterocycles. The Labute approximate surface area is 137 Å². The Balaban J connectivity index is 1.81. The maximum absolute atomic E-state index is 12.1. The van der Waals surface area contributed by atoms with Gasteiger partial charge >= 0.3 is 6.18 Å². The van der Waals surface area contributed by atoms with Crippen molar-refractivity contribution in [1.29, 1.82) is 0 Å². The van der Waals surface area contributed by atoms with Crippen molar-refractivity contribution >= 4 is 5.69 Å². The van der Waals surface area contributed by atoms with E-state index in [-0.39, 0.29) is 19.0 Å². The van der Waals surface area contributed by atoms with E-state index in [4.69, 9.17) is 9.84 Å². The van der Waals surface area contributed by atoms with E-state index in [0.29, 0.717) is 12.4 Å². The third-order valence-corrected chi connectivity index (χ3v) is 2.90. The van der Waals surface area contributed by atoms with Crippen LogP contribution >= 0.6 is 0 Å². The van der Waals surface area contributed by atoms with Crippen LogP contribution in [-0.4, -0.2) is 36.1 Å². The highest BCUT2D eigenvalue weighted by Crippen LogP contribution is 2.19. The van der Waals surface area contributed by atoms with Gasteiger partial charge in [-0.1, -0.05) is 12.1 Å². The van der Waals surface area contributed by atoms with E-state index >= 15 is 0 Å². The highest BCUT2D eigenvalue weighted by atomic mass is 19.4. The number of anilines is 1. The molecule has 0 fully saturated rings. The van der Waals surface area contributed by atoms with Gasteiger partial charge in [-0.3, -0.25) is 0 Å². The molecule has 24 heavy (non-hydrogen) atoms. The van der Waals surface area contributed by atoms with Gasteiger partial charge in [0.2, 0.25) is 5.88 Å². The molecule has 0 radical (unpaired) electrons. The molecule has 2 rings (SSSR count). The molecule has 0 saturated carbocycles. The van der Waals surface area contributed by atoms with Gasteiger partial charge in [0.15, 0.2) is 6.61 Å². The van der Waals surface area contributed by atoms with Crippen molar-refractivity contribution in [2.75, 3.05) is 25.1 Å². The predicted octanol–water partition coefficient (Wildman–Crippen LogP) is 3.01. The van der Waals surface area contributed by atoms with E-state index in [1.54, 1.807) is 30.5 Å². The lowest BCUT2D eigenvalue weighted by Crippen LogP contribution is -2.19. The monoisotopic (exact) mass is 342 g/mol. The van der Waals surface area contributed by atoms with Gasteiger partial charge in [-0.25, -0.2) is 4.98 Å². The maximum Gasteiger partial charge on any atom is 0.422 e. The Hall–Kier alpha value is -2.48. The summed E-state index contributed by atoms with van der Waals surface area (Å²) in [5.74, 6) is 0.587. The predicted molar refractivity (Wildman–Crippen MR) is 82.1 cm³/mol. The summed E-state index contributed by atoms with van der Waals surface area (Å²) in [6.07, 6.45) is -2.76. The van der Waals surface area contributed by atoms with Gasteiger partial charge < -0.3 is 19.9 Å². The summed E-state index contributed by atoms with van der Waals surface area (Å²) < 4.78 is 46.0. The molecule has 2 N–H and O–H groups in total. The van der Waals surface area contributed by atoms with Crippen molar-refractivity contribution in [2.45, 2.75) is 12.7 Å². The Morgan fingerprint density at radius 3 is 2.38 bits per heavy atom. The van der Waals surface area contributed by atoms with E-state index in [9.17, 15) is 13.2 Å². The van der Waals surface area contributed by atoms with Crippen molar-refractivity contribution in [1.82, 2.24) is 4.98 Å². The number of nitrogens with one attached hydrogen (secondary N) is 1. The molecule has 2 aromatic rings. The van der Waals surface area contributed by atoms with E-state index in [1.807, 2.05) is 0 Å². The molecule has 0 amide bonds. The zero-order valence-electron chi connectivity index (χ0n) is 12.7. The van der Waals surface area contributed by atoms with Crippen LogP contribution in [0.2, 0.25) is 0 Å². The Morgan fingerprint density at radius 2 is 1.79 bits per heavy atom. The topological polar surface area (TPSA) is 63.6 Å². The normalized spacial score (nSPS) is 11.2. The van der Waals surface area contributed by atoms with Gasteiger partial charge in [0.1, 0.15) is 12.4 Å². The fourth-order valence-corrected chi connectivity index (χ4v) is 1.79. The first-order valence-electron chi connectivity index (χ1n) is 7.18. The minimum atomic E-state index is -4.35. The third kappa shape index (κ3) is 6.33. The summed E-state index contributed by atoms with van der Waals surface area (Å²) in [6, 6.07) is 9.81. The highest BCUT2D eigenvalue weighted by Gasteiger charge is 2.28. The largest absolute Gasteiger partial charge is 0.484 e. The molecule has 1 aromatic heterocycles. The second kappa shape index (κ2) is 8.39. The first-order chi connectivity index (χ1) is 11.5. The molecule has 1 aromatic carbocycles. The van der Waals surface area contributed by atoms with Gasteiger partial charge in [-0.15, -0.1) is 0 Å². The van der Waals surface area contributed by atoms with Crippen molar-refractivity contribution in [3.8, 4) is 11.6 Å². The van der Waals surface area contributed by atoms with Crippen LogP contribution in [-0.2, 0) is 6.54 Å². The zero-order valence-corrected chi connectivity index (χ0v) is 12.7. The van der Waals surface area contributed by atoms with Gasteiger partial charge in [0.05, 0.1) is 18.5 Å². The highest BCUT2D eigenvalue weighted by molar-refractivity contribution is 5.43. The van der Waals surface area contributed by atoms with Crippen LogP contribution in [0, 0.1) is 0 Å². The minimum absolute atomic E-state index is 0.0790. The summed E-state index contributed by atoms with van der Waals surface area (Å²) in [7, 11) is 0. The van der Waals surface area contributed by atoms with Crippen molar-refractivity contribution in [3.05, 3.63) is 48.2 Å². The second-order valence-electron chi connectivity index (χ2n) is 4.86. The number of aliphatic hydroxyl groups is 1. The van der Waals surface area contributed by atoms with E-state index in [1.165, 1.54) is 12.1 Å². The quantitative estimate of drug-likeness (QED) is 0.772. The summed E-state index contributed by atoms with van der Waals surface area (Å²) in [6.45, 7) is -0.716. The standard InChI is InChI=1S/C16H17F3N2O3/c17-16(18,19)11-24-14-4-1-12(2-5-14)9-20-13-3-6-15(21-10-13)23-8-7-22/h1-6,10,20,22H,7-9,11H2. The smallest absolute Gasteiger partial charge is 0.422 e. The van der Waals surface area contributed by atoms with Crippen molar-refractivity contribution in [2.24, 2.45) is 0 Å². The maximum atomic E-state index is 12.1. The molecular formula is C16H17F3N2O3. The fourth-order valence-electron chi connectivity index (χ4n) is 1.79. The van der Waals surface area contributed by atoms with Crippen LogP contribution in [0.1, 0.15) is 5.56 Å². The summed E-state index contributed by atoms with van der Waals surface area (Å²) in [5.41, 5.74) is 1.65. The Bertz CT molecular complexity index is 616. The summed E-state index contributed by atoms with van der Waals surface area (Å²) in [4.78, 5) is 4.07. The minimum Gasteiger partial charge on any atom is -0.484 e. The van der Waals surface area contributed by atoms with Gasteiger partial charge in [-0.05, 0) is 23.8 Å². The van der Waals surface area contributed by atoms with E-state index < -0.39 is 12.8 Å². The fraction of sp³-hybridized carbons (Fsp3) is 0.312. The molecule has 8 heteroatoms. The Kier molecular flexibility index (Phi) is 6.25. The summed E-state index contributed by atoms with van der Waals surface area (Å²) >= 11 is 0. The van der Waals surface area contributed by atoms with Crippen molar-refractivity contribution in [3.63, 3.8) is 0 Å². The number of ether oxygens (including phenoxy) is 2. The number of aliphatic hydroxyl groups excluding tert-OH is 1. The van der Waals surface area contributed by atoms with Crippen LogP contribution in [0.5, 0.6) is 11.6 Å². The first kappa shape index (κ1) is 17.9. The van der Waals surface area contributed by atoms with Gasteiger partial charge in [0, 0.05) is 12.6 Å². The van der Waals surface area contributed by atoms with E-state index in [0.717, 1.165) is 11.3 Å². The number of hydrogen-bond donors (Lipinski definition) is 2. The van der Waals surface area contributed by atoms with Crippen LogP contribution in [0.4, 0.5) is 18.9 Å². The molecule has 1 heterocycles. The number of rotatable bonds is 8. The van der Waals surface area contributed by atoms with Crippen LogP contribution in [0.25, 0.3) is 0 Å². The zero-order chi connectivity index (χ0) is 17.4. The number of nitrogens with zero attached hydrogens (tertiary/aromatic N) is 1. The van der Waals surface area contributed by atoms with Gasteiger partial charge in [-0.2, -0.15) is 13.2 Å². The lowest BCUT2D eigenvalue weighted by Gasteiger charge is -2.10. The average molecular weight is 342 g/mol. The third-order valence-electron chi connectivity index (χ3n) is 2.90. The number of hydrogen-bond acceptors (Lipinski definition) is 5. The molecule has 130 valence electrons. The number of halogens is 3. The molecule has 0 unspecified atom stereocenters. The molecule has 0 spiro atoms. The first-order valence-corrected chi connectivity index (χ1v) is 7.18. The molecule has 0 atom stereocenters. The number of aromatic nitrogens is 1. The SMILES string of the molecule is OCCOc1ccc(NCc2ccc(OCC(F)(F)F)cc2)cn1. The number of pyridine rings is 1. The van der Waals surface area contributed by atoms with Gasteiger partial charge in [0.25, 0.3) is 0 Å². The molecule has 0 bridgehead atoms. The molecular weight excluding hydrogens is 325 g/mol. The number of alkyl halides is 3. The molecule has 0 aliphatic rings. The lowest BCUT2D eigenvalue weighted by atomic mass is 10.2. The molecule has 0 aliphatic heterocycles. The van der Waals surface area contributed by atoms with Crippen molar-refractivity contribution < 1.29 is 27.8 Å². The van der Waals surface area contributed by atoms with Crippen LogP contribution in [0.15, 0.2) is 42.6 Å². The van der Waals surface area contributed by atoms with Crippen LogP contribution < -0.4 is 14.8 Å². The average Bonchev–Trinajstić information content (AvgIpc) is 2.57. The Morgan fingerprint density at radius 1 is 1.04 bits per heavy atom. The van der Waals surface area contributed by atoms with E-state index in [2.05, 4.69) is 15.0 Å². The molecule has 5 nitrogen and oxygen atoms in total. The second-order valence-corrected chi connectivity index (χ2v) is 4.86.